The molecule has 0 unspecified atom stereocenters. The standard InChI is InChI=1S/C14H20N2O3/c1-10-8-11(4-5-12(10)19-2)16-13(17)15-9-14(18)6-3-7-14/h4-5,8,18H,3,6-7,9H2,1-2H3,(H2,15,16,17). The second kappa shape index (κ2) is 5.48. The number of methoxy groups -OCH3 is 1. The lowest BCUT2D eigenvalue weighted by Crippen LogP contribution is -2.48. The van der Waals surface area contributed by atoms with Gasteiger partial charge in [-0.25, -0.2) is 4.79 Å². The van der Waals surface area contributed by atoms with Crippen LogP contribution in [0.3, 0.4) is 0 Å². The van der Waals surface area contributed by atoms with E-state index in [4.69, 9.17) is 4.74 Å². The molecule has 104 valence electrons. The van der Waals surface area contributed by atoms with E-state index in [0.29, 0.717) is 12.2 Å². The fourth-order valence-corrected chi connectivity index (χ4v) is 2.14. The molecule has 1 fully saturated rings. The number of aryl methyl sites for hydroxylation is 1. The van der Waals surface area contributed by atoms with E-state index in [-0.39, 0.29) is 6.03 Å². The minimum atomic E-state index is -0.701. The van der Waals surface area contributed by atoms with Crippen molar-refractivity contribution in [3.63, 3.8) is 0 Å². The number of hydrogen-bond acceptors (Lipinski definition) is 3. The average molecular weight is 264 g/mol. The van der Waals surface area contributed by atoms with Crippen LogP contribution in [0.4, 0.5) is 10.5 Å². The van der Waals surface area contributed by atoms with Crippen molar-refractivity contribution in [2.75, 3.05) is 19.0 Å². The lowest BCUT2D eigenvalue weighted by atomic mass is 9.80. The van der Waals surface area contributed by atoms with Crippen LogP contribution in [0, 0.1) is 6.92 Å². The molecule has 5 heteroatoms. The van der Waals surface area contributed by atoms with E-state index in [1.54, 1.807) is 13.2 Å². The Bertz CT molecular complexity index is 470. The second-order valence-corrected chi connectivity index (χ2v) is 5.07. The highest BCUT2D eigenvalue weighted by Gasteiger charge is 2.34. The van der Waals surface area contributed by atoms with Crippen LogP contribution >= 0.6 is 0 Å². The molecule has 0 spiro atoms. The lowest BCUT2D eigenvalue weighted by molar-refractivity contribution is -0.0287. The zero-order valence-corrected chi connectivity index (χ0v) is 11.3. The normalized spacial score (nSPS) is 16.4. The van der Waals surface area contributed by atoms with Crippen LogP contribution in [0.2, 0.25) is 0 Å². The number of benzene rings is 1. The van der Waals surface area contributed by atoms with Gasteiger partial charge in [-0.3, -0.25) is 0 Å². The van der Waals surface area contributed by atoms with Crippen LogP contribution in [0.1, 0.15) is 24.8 Å². The summed E-state index contributed by atoms with van der Waals surface area (Å²) in [6.45, 7) is 2.22. The van der Waals surface area contributed by atoms with Crippen LogP contribution in [0.25, 0.3) is 0 Å². The molecule has 1 aromatic carbocycles. The highest BCUT2D eigenvalue weighted by atomic mass is 16.5. The zero-order valence-electron chi connectivity index (χ0n) is 11.3. The van der Waals surface area contributed by atoms with E-state index in [1.807, 2.05) is 19.1 Å². The molecule has 2 amide bonds. The molecule has 0 heterocycles. The minimum Gasteiger partial charge on any atom is -0.496 e. The molecular weight excluding hydrogens is 244 g/mol. The minimum absolute atomic E-state index is 0.300. The summed E-state index contributed by atoms with van der Waals surface area (Å²) in [6, 6.07) is 5.13. The van der Waals surface area contributed by atoms with Crippen molar-refractivity contribution < 1.29 is 14.6 Å². The van der Waals surface area contributed by atoms with Crippen molar-refractivity contribution in [2.24, 2.45) is 0 Å². The Morgan fingerprint density at radius 1 is 1.47 bits per heavy atom. The largest absolute Gasteiger partial charge is 0.496 e. The van der Waals surface area contributed by atoms with E-state index in [0.717, 1.165) is 30.6 Å². The summed E-state index contributed by atoms with van der Waals surface area (Å²) in [4.78, 5) is 11.7. The van der Waals surface area contributed by atoms with Crippen molar-refractivity contribution in [3.8, 4) is 5.75 Å². The van der Waals surface area contributed by atoms with Crippen molar-refractivity contribution in [1.29, 1.82) is 0 Å². The monoisotopic (exact) mass is 264 g/mol. The van der Waals surface area contributed by atoms with E-state index >= 15 is 0 Å². The summed E-state index contributed by atoms with van der Waals surface area (Å²) in [5.74, 6) is 0.787. The number of hydrogen-bond donors (Lipinski definition) is 3. The fourth-order valence-electron chi connectivity index (χ4n) is 2.14. The van der Waals surface area contributed by atoms with Gasteiger partial charge in [0.2, 0.25) is 0 Å². The van der Waals surface area contributed by atoms with Gasteiger partial charge in [0, 0.05) is 12.2 Å². The summed E-state index contributed by atoms with van der Waals surface area (Å²) in [6.07, 6.45) is 2.54. The zero-order chi connectivity index (χ0) is 13.9. The summed E-state index contributed by atoms with van der Waals surface area (Å²) in [7, 11) is 1.61. The Labute approximate surface area is 113 Å². The number of urea groups is 1. The molecular formula is C14H20N2O3. The first-order valence-corrected chi connectivity index (χ1v) is 6.44. The third kappa shape index (κ3) is 3.38. The molecule has 1 saturated carbocycles. The highest BCUT2D eigenvalue weighted by Crippen LogP contribution is 2.30. The smallest absolute Gasteiger partial charge is 0.319 e. The maximum Gasteiger partial charge on any atom is 0.319 e. The van der Waals surface area contributed by atoms with Crippen LogP contribution in [0.15, 0.2) is 18.2 Å². The third-order valence-corrected chi connectivity index (χ3v) is 3.51. The van der Waals surface area contributed by atoms with Crippen molar-refractivity contribution in [2.45, 2.75) is 31.8 Å². The summed E-state index contributed by atoms with van der Waals surface area (Å²) in [5, 5.41) is 15.3. The lowest BCUT2D eigenvalue weighted by Gasteiger charge is -2.36. The first-order valence-electron chi connectivity index (χ1n) is 6.44. The van der Waals surface area contributed by atoms with Crippen LogP contribution in [0.5, 0.6) is 5.75 Å². The molecule has 3 N–H and O–H groups in total. The SMILES string of the molecule is COc1ccc(NC(=O)NCC2(O)CCC2)cc1C. The highest BCUT2D eigenvalue weighted by molar-refractivity contribution is 5.89. The van der Waals surface area contributed by atoms with Gasteiger partial charge in [-0.15, -0.1) is 0 Å². The van der Waals surface area contributed by atoms with Crippen LogP contribution in [-0.4, -0.2) is 30.4 Å². The van der Waals surface area contributed by atoms with E-state index < -0.39 is 5.60 Å². The number of carbonyl (C=O) groups is 1. The second-order valence-electron chi connectivity index (χ2n) is 5.07. The maximum absolute atomic E-state index is 11.7. The van der Waals surface area contributed by atoms with Gasteiger partial charge in [0.1, 0.15) is 5.75 Å². The van der Waals surface area contributed by atoms with E-state index in [1.165, 1.54) is 0 Å². The molecule has 0 saturated heterocycles. The van der Waals surface area contributed by atoms with E-state index in [9.17, 15) is 9.90 Å². The van der Waals surface area contributed by atoms with Gasteiger partial charge < -0.3 is 20.5 Å². The summed E-state index contributed by atoms with van der Waals surface area (Å²) >= 11 is 0. The Morgan fingerprint density at radius 2 is 2.21 bits per heavy atom. The molecule has 2 rings (SSSR count). The molecule has 1 aliphatic carbocycles. The van der Waals surface area contributed by atoms with Gasteiger partial charge in [0.25, 0.3) is 0 Å². The molecule has 0 aliphatic heterocycles. The first kappa shape index (κ1) is 13.7. The third-order valence-electron chi connectivity index (χ3n) is 3.51. The maximum atomic E-state index is 11.7. The number of nitrogens with one attached hydrogen (secondary N) is 2. The molecule has 1 aliphatic rings. The first-order chi connectivity index (χ1) is 9.02. The molecule has 0 atom stereocenters. The summed E-state index contributed by atoms with van der Waals surface area (Å²) < 4.78 is 5.16. The van der Waals surface area contributed by atoms with E-state index in [2.05, 4.69) is 10.6 Å². The molecule has 1 aromatic rings. The Kier molecular flexibility index (Phi) is 3.95. The Hall–Kier alpha value is -1.75. The van der Waals surface area contributed by atoms with Crippen molar-refractivity contribution >= 4 is 11.7 Å². The van der Waals surface area contributed by atoms with Gasteiger partial charge >= 0.3 is 6.03 Å². The van der Waals surface area contributed by atoms with Crippen LogP contribution < -0.4 is 15.4 Å². The van der Waals surface area contributed by atoms with Gasteiger partial charge in [0.05, 0.1) is 12.7 Å². The summed E-state index contributed by atoms with van der Waals surface area (Å²) in [5.41, 5.74) is 0.960. The molecule has 19 heavy (non-hydrogen) atoms. The molecule has 5 nitrogen and oxygen atoms in total. The fraction of sp³-hybridized carbons (Fsp3) is 0.500. The topological polar surface area (TPSA) is 70.6 Å². The molecule has 0 aromatic heterocycles. The number of aliphatic hydroxyl groups is 1. The number of amides is 2. The van der Waals surface area contributed by atoms with Gasteiger partial charge in [-0.1, -0.05) is 0 Å². The Balaban J connectivity index is 1.86. The number of rotatable bonds is 4. The van der Waals surface area contributed by atoms with Gasteiger partial charge in [-0.2, -0.15) is 0 Å². The Morgan fingerprint density at radius 3 is 2.74 bits per heavy atom. The predicted molar refractivity (Wildman–Crippen MR) is 73.6 cm³/mol. The quantitative estimate of drug-likeness (QED) is 0.779. The number of carbonyl (C=O) groups excluding carboxylic acids is 1. The number of ether oxygens (including phenoxy) is 1. The molecule has 0 radical (unpaired) electrons. The van der Waals surface area contributed by atoms with Crippen LogP contribution in [-0.2, 0) is 0 Å². The van der Waals surface area contributed by atoms with Crippen molar-refractivity contribution in [1.82, 2.24) is 5.32 Å². The van der Waals surface area contributed by atoms with Gasteiger partial charge in [-0.05, 0) is 49.9 Å². The van der Waals surface area contributed by atoms with Gasteiger partial charge in [0.15, 0.2) is 0 Å². The molecule has 0 bridgehead atoms. The average Bonchev–Trinajstić information content (AvgIpc) is 2.34. The van der Waals surface area contributed by atoms with Crippen molar-refractivity contribution in [3.05, 3.63) is 23.8 Å². The number of anilines is 1. The predicted octanol–water partition coefficient (Wildman–Crippen LogP) is 2.04.